The lowest BCUT2D eigenvalue weighted by Crippen LogP contribution is -2.47. The molecule has 8 aromatic heterocycles. The summed E-state index contributed by atoms with van der Waals surface area (Å²) in [6, 6.07) is 21.3. The molecule has 12 aromatic rings. The maximum Gasteiger partial charge on any atom is 0.253 e. The van der Waals surface area contributed by atoms with Gasteiger partial charge in [-0.05, 0) is 107 Å². The Bertz CT molecular complexity index is 4980. The summed E-state index contributed by atoms with van der Waals surface area (Å²) in [4.78, 5) is 49.7. The number of fused-ring (bicyclic) bond motifs is 6. The molecule has 1 saturated carbocycles. The number of benzene rings is 4. The Balaban J connectivity index is 0.000000121. The minimum Gasteiger partial charge on any atom is -0.493 e. The lowest BCUT2D eigenvalue weighted by molar-refractivity contribution is 0.0664. The van der Waals surface area contributed by atoms with Gasteiger partial charge < -0.3 is 40.0 Å². The summed E-state index contributed by atoms with van der Waals surface area (Å²) in [5, 5.41) is 14.3. The molecule has 0 radical (unpaired) electrons. The Morgan fingerprint density at radius 1 is 0.510 bits per heavy atom. The number of imidazole rings is 3. The zero-order valence-electron chi connectivity index (χ0n) is 55.3. The highest BCUT2D eigenvalue weighted by atomic mass is 19.1. The van der Waals surface area contributed by atoms with Crippen LogP contribution in [-0.2, 0) is 45.4 Å². The zero-order chi connectivity index (χ0) is 67.1. The molecule has 24 heteroatoms. The first kappa shape index (κ1) is 63.2. The van der Waals surface area contributed by atoms with Gasteiger partial charge in [0.1, 0.15) is 51.6 Å². The van der Waals surface area contributed by atoms with Gasteiger partial charge in [-0.25, -0.2) is 43.1 Å². The number of halogens is 3. The highest BCUT2D eigenvalue weighted by molar-refractivity contribution is 5.95. The first-order valence-corrected chi connectivity index (χ1v) is 33.4. The Hall–Kier alpha value is -10.9. The second kappa shape index (κ2) is 27.0. The Kier molecular flexibility index (Phi) is 17.4. The number of pyridine rings is 1. The molecule has 1 amide bonds. The van der Waals surface area contributed by atoms with Gasteiger partial charge in [-0.1, -0.05) is 25.1 Å². The quantitative estimate of drug-likeness (QED) is 0.0822. The summed E-state index contributed by atoms with van der Waals surface area (Å²) >= 11 is 0. The molecule has 2 fully saturated rings. The second-order valence-electron chi connectivity index (χ2n) is 25.5. The van der Waals surface area contributed by atoms with Crippen molar-refractivity contribution in [1.82, 2.24) is 67.7 Å². The van der Waals surface area contributed by atoms with Crippen LogP contribution in [0.5, 0.6) is 17.2 Å². The third-order valence-corrected chi connectivity index (χ3v) is 18.6. The van der Waals surface area contributed by atoms with Crippen LogP contribution >= 0.6 is 0 Å². The summed E-state index contributed by atoms with van der Waals surface area (Å²) in [6.45, 7) is 14.8. The minimum absolute atomic E-state index is 0.0594. The van der Waals surface area contributed by atoms with Gasteiger partial charge in [0.05, 0.1) is 43.1 Å². The lowest BCUT2D eigenvalue weighted by atomic mass is 10.0. The number of hydrogen-bond acceptors (Lipinski definition) is 16. The highest BCUT2D eigenvalue weighted by Crippen LogP contribution is 2.40. The van der Waals surface area contributed by atoms with Crippen molar-refractivity contribution in [3.05, 3.63) is 208 Å². The lowest BCUT2D eigenvalue weighted by Gasteiger charge is -2.32. The van der Waals surface area contributed by atoms with Gasteiger partial charge in [0.25, 0.3) is 5.91 Å². The van der Waals surface area contributed by atoms with E-state index in [1.165, 1.54) is 31.0 Å². The van der Waals surface area contributed by atoms with E-state index in [1.54, 1.807) is 30.6 Å². The van der Waals surface area contributed by atoms with Crippen LogP contribution in [0.2, 0.25) is 0 Å². The van der Waals surface area contributed by atoms with Crippen LogP contribution in [0.25, 0.3) is 50.3 Å². The molecule has 500 valence electrons. The second-order valence-corrected chi connectivity index (χ2v) is 25.5. The summed E-state index contributed by atoms with van der Waals surface area (Å²) in [5.74, 6) is 4.08. The Labute approximate surface area is 563 Å². The van der Waals surface area contributed by atoms with Gasteiger partial charge >= 0.3 is 0 Å². The van der Waals surface area contributed by atoms with Gasteiger partial charge in [0.15, 0.2) is 0 Å². The number of carbonyl (C=O) groups excluding carboxylic acids is 1. The summed E-state index contributed by atoms with van der Waals surface area (Å²) in [6.07, 6.45) is 22.5. The van der Waals surface area contributed by atoms with Gasteiger partial charge in [-0.3, -0.25) is 27.7 Å². The summed E-state index contributed by atoms with van der Waals surface area (Å²) in [7, 11) is 2.07. The maximum absolute atomic E-state index is 14.6. The molecule has 3 N–H and O–H groups in total. The van der Waals surface area contributed by atoms with Crippen molar-refractivity contribution in [2.24, 2.45) is 0 Å². The van der Waals surface area contributed by atoms with Crippen molar-refractivity contribution in [1.29, 1.82) is 0 Å². The molecule has 4 aliphatic heterocycles. The van der Waals surface area contributed by atoms with Crippen LogP contribution < -0.4 is 30.2 Å². The summed E-state index contributed by atoms with van der Waals surface area (Å²) in [5.41, 5.74) is 17.0. The molecule has 1 aliphatic carbocycles. The first-order valence-electron chi connectivity index (χ1n) is 33.4. The molecule has 1 saturated heterocycles. The smallest absolute Gasteiger partial charge is 0.253 e. The standard InChI is InChI=1S/C28H29FN6O2.C24H22FN5O.C22H23FN6O/c1-18-17-35-26(32-18)22(19-3-5-20(6-4-19)27(36)34-12-10-33(2)11-13-34)15-30-28(35)31-16-23-21-9-14-37-25(21)8-7-24(23)29;1-14-13-30-23(29-14)18(16-4-6-21(26-10-16)15-2-3-15)11-27-24(30)28-12-19-17-8-9-31-22(17)7-5-20(19)25;1-3-7-28-13-15(9-26-28)17-10-24-22(29-12-14(2)27-21(17)29)25-11-18-16-6-8-30-20(16)5-4-19(18)23/h3-8,15,17H,9-14,16H2,1-2H3,(H,30,31);4-7,10-11,13,15H,2-3,8-9,12H2,1H3,(H,27,28);4-5,9-10,12-13H,3,6-8,11H2,1-2H3,(H,24,25). The van der Waals surface area contributed by atoms with E-state index in [4.69, 9.17) is 24.2 Å². The van der Waals surface area contributed by atoms with E-state index < -0.39 is 0 Å². The number of piperazine rings is 1. The molecule has 5 aliphatic rings. The molecule has 0 spiro atoms. The topological polar surface area (TPSA) is 209 Å². The maximum atomic E-state index is 14.6. The molecule has 12 heterocycles. The summed E-state index contributed by atoms with van der Waals surface area (Å²) < 4.78 is 68.0. The number of carbonyl (C=O) groups is 1. The fraction of sp³-hybridized carbons (Fsp3) is 0.311. The van der Waals surface area contributed by atoms with E-state index in [0.29, 0.717) is 91.9 Å². The van der Waals surface area contributed by atoms with Gasteiger partial charge in [0, 0.05) is 200 Å². The van der Waals surface area contributed by atoms with Crippen LogP contribution in [0.3, 0.4) is 0 Å². The number of rotatable bonds is 16. The van der Waals surface area contributed by atoms with E-state index in [2.05, 4.69) is 77.0 Å². The van der Waals surface area contributed by atoms with Crippen molar-refractivity contribution < 1.29 is 32.2 Å². The molecule has 0 atom stereocenters. The van der Waals surface area contributed by atoms with E-state index in [1.807, 2.05) is 111 Å². The number of amides is 1. The van der Waals surface area contributed by atoms with E-state index in [9.17, 15) is 18.0 Å². The van der Waals surface area contributed by atoms with Crippen molar-refractivity contribution in [2.75, 3.05) is 69.0 Å². The predicted octanol–water partition coefficient (Wildman–Crippen LogP) is 12.4. The fourth-order valence-electron chi connectivity index (χ4n) is 13.3. The number of anilines is 3. The number of aryl methyl sites for hydroxylation is 4. The highest BCUT2D eigenvalue weighted by Gasteiger charge is 2.28. The largest absolute Gasteiger partial charge is 0.493 e. The van der Waals surface area contributed by atoms with Crippen LogP contribution in [0.1, 0.15) is 98.6 Å². The van der Waals surface area contributed by atoms with Crippen molar-refractivity contribution in [2.45, 2.75) is 98.3 Å². The van der Waals surface area contributed by atoms with E-state index in [-0.39, 0.29) is 23.4 Å². The molecule has 0 unspecified atom stereocenters. The normalized spacial score (nSPS) is 14.6. The minimum atomic E-state index is -0.252. The van der Waals surface area contributed by atoms with E-state index >= 15 is 0 Å². The average molecular weight is 1320 g/mol. The molecule has 17 rings (SSSR count). The van der Waals surface area contributed by atoms with Crippen molar-refractivity contribution in [3.63, 3.8) is 0 Å². The Morgan fingerprint density at radius 2 is 0.949 bits per heavy atom. The van der Waals surface area contributed by atoms with Crippen LogP contribution in [-0.4, -0.2) is 127 Å². The fourth-order valence-corrected chi connectivity index (χ4v) is 13.3. The third kappa shape index (κ3) is 12.8. The van der Waals surface area contributed by atoms with Crippen LogP contribution in [0, 0.1) is 38.2 Å². The molecule has 0 bridgehead atoms. The van der Waals surface area contributed by atoms with Gasteiger partial charge in [0.2, 0.25) is 17.8 Å². The van der Waals surface area contributed by atoms with E-state index in [0.717, 1.165) is 159 Å². The molecular weight excluding hydrogens is 1250 g/mol. The van der Waals surface area contributed by atoms with Gasteiger partial charge in [-0.15, -0.1) is 0 Å². The van der Waals surface area contributed by atoms with Crippen molar-refractivity contribution >= 4 is 40.7 Å². The average Bonchev–Trinajstić information content (AvgIpc) is 1.66. The number of aromatic nitrogens is 12. The van der Waals surface area contributed by atoms with Crippen LogP contribution in [0.4, 0.5) is 31.0 Å². The Morgan fingerprint density at radius 3 is 1.38 bits per heavy atom. The molecule has 4 aromatic carbocycles. The number of nitrogens with zero attached hydrogens (tertiary/aromatic N) is 14. The van der Waals surface area contributed by atoms with Crippen LogP contribution in [0.15, 0.2) is 129 Å². The predicted molar refractivity (Wildman–Crippen MR) is 368 cm³/mol. The SMILES string of the molecule is CCCn1cc(-c2cnc(NCc3c(F)ccc4c3CCO4)n3cc(C)nc23)cn1.Cc1cn2c(NCc3c(F)ccc4c3CCO4)ncc(-c3ccc(C(=O)N4CCN(C)CC4)cc3)c2n1.Cc1cn2c(NCc3c(F)ccc4c3CCO4)ncc(-c3ccc(C4CC4)nc3)c2n1. The molecular formula is C74H74F3N17O4. The van der Waals surface area contributed by atoms with Crippen molar-refractivity contribution in [3.8, 4) is 50.6 Å². The number of hydrogen-bond donors (Lipinski definition) is 3. The number of likely N-dealkylation sites (N-methyl/N-ethyl adjacent to an activating group) is 1. The van der Waals surface area contributed by atoms with Gasteiger partial charge in [-0.2, -0.15) is 5.10 Å². The zero-order valence-corrected chi connectivity index (χ0v) is 55.3. The third-order valence-electron chi connectivity index (χ3n) is 18.6. The monoisotopic (exact) mass is 1320 g/mol. The molecule has 98 heavy (non-hydrogen) atoms. The number of nitrogens with one attached hydrogen (secondary N) is 3. The molecule has 21 nitrogen and oxygen atoms in total. The first-order chi connectivity index (χ1) is 47.8. The number of ether oxygens (including phenoxy) is 3.